The van der Waals surface area contributed by atoms with Crippen molar-refractivity contribution in [1.29, 1.82) is 0 Å². The van der Waals surface area contributed by atoms with E-state index in [1.165, 1.54) is 0 Å². The fourth-order valence-electron chi connectivity index (χ4n) is 2.85. The van der Waals surface area contributed by atoms with E-state index in [2.05, 4.69) is 10.3 Å². The normalized spacial score (nSPS) is 21.0. The molecule has 1 atom stereocenters. The van der Waals surface area contributed by atoms with Crippen LogP contribution in [0.1, 0.15) is 12.5 Å². The Balaban J connectivity index is 1.64. The Morgan fingerprint density at radius 3 is 2.57 bits per heavy atom. The molecule has 112 valence electrons. The number of halogens is 1. The summed E-state index contributed by atoms with van der Waals surface area (Å²) < 4.78 is 0. The number of carbonyl (C=O) groups excluding carboxylic acids is 2. The SMILES string of the molecule is CC(=O)N1CCN(C(=O)C2Cc3ccnc(Cl)c3N2)CC1. The molecule has 1 aromatic rings. The van der Waals surface area contributed by atoms with Crippen molar-refractivity contribution >= 4 is 29.1 Å². The predicted molar refractivity (Wildman–Crippen MR) is 79.2 cm³/mol. The van der Waals surface area contributed by atoms with E-state index in [4.69, 9.17) is 11.6 Å². The Bertz CT molecular complexity index is 584. The molecule has 0 spiro atoms. The molecule has 1 fully saturated rings. The number of carbonyl (C=O) groups is 2. The Hall–Kier alpha value is -1.82. The zero-order chi connectivity index (χ0) is 15.0. The summed E-state index contributed by atoms with van der Waals surface area (Å²) in [5.41, 5.74) is 1.79. The number of hydrogen-bond acceptors (Lipinski definition) is 4. The maximum Gasteiger partial charge on any atom is 0.245 e. The molecular formula is C14H17ClN4O2. The van der Waals surface area contributed by atoms with Gasteiger partial charge in [0, 0.05) is 45.7 Å². The van der Waals surface area contributed by atoms with E-state index >= 15 is 0 Å². The summed E-state index contributed by atoms with van der Waals surface area (Å²) in [5.74, 6) is 0.122. The molecule has 1 saturated heterocycles. The quantitative estimate of drug-likeness (QED) is 0.778. The molecule has 1 unspecified atom stereocenters. The highest BCUT2D eigenvalue weighted by molar-refractivity contribution is 6.32. The summed E-state index contributed by atoms with van der Waals surface area (Å²) in [4.78, 5) is 31.5. The van der Waals surface area contributed by atoms with Crippen LogP contribution in [0.5, 0.6) is 0 Å². The Labute approximate surface area is 128 Å². The van der Waals surface area contributed by atoms with Gasteiger partial charge in [0.15, 0.2) is 5.15 Å². The molecule has 0 aromatic carbocycles. The number of nitrogens with one attached hydrogen (secondary N) is 1. The van der Waals surface area contributed by atoms with E-state index < -0.39 is 0 Å². The summed E-state index contributed by atoms with van der Waals surface area (Å²) in [6.07, 6.45) is 2.28. The first-order valence-electron chi connectivity index (χ1n) is 7.00. The molecule has 0 aliphatic carbocycles. The topological polar surface area (TPSA) is 65.5 Å². The smallest absolute Gasteiger partial charge is 0.245 e. The zero-order valence-electron chi connectivity index (χ0n) is 11.8. The van der Waals surface area contributed by atoms with Crippen LogP contribution in [0.25, 0.3) is 0 Å². The molecule has 21 heavy (non-hydrogen) atoms. The van der Waals surface area contributed by atoms with Gasteiger partial charge in [0.25, 0.3) is 0 Å². The molecule has 6 nitrogen and oxygen atoms in total. The number of nitrogens with zero attached hydrogens (tertiary/aromatic N) is 3. The monoisotopic (exact) mass is 308 g/mol. The molecule has 1 aromatic heterocycles. The van der Waals surface area contributed by atoms with Crippen molar-refractivity contribution in [1.82, 2.24) is 14.8 Å². The van der Waals surface area contributed by atoms with Crippen LogP contribution in [0, 0.1) is 0 Å². The molecule has 3 heterocycles. The van der Waals surface area contributed by atoms with Crippen LogP contribution in [-0.2, 0) is 16.0 Å². The molecule has 2 amide bonds. The van der Waals surface area contributed by atoms with Crippen molar-refractivity contribution in [3.05, 3.63) is 23.0 Å². The summed E-state index contributed by atoms with van der Waals surface area (Å²) >= 11 is 6.04. The first kappa shape index (κ1) is 14.1. The van der Waals surface area contributed by atoms with E-state index in [0.717, 1.165) is 11.3 Å². The molecule has 7 heteroatoms. The zero-order valence-corrected chi connectivity index (χ0v) is 12.6. The number of amides is 2. The predicted octanol–water partition coefficient (Wildman–Crippen LogP) is 0.762. The summed E-state index contributed by atoms with van der Waals surface area (Å²) in [5, 5.41) is 3.57. The summed E-state index contributed by atoms with van der Waals surface area (Å²) in [6, 6.07) is 1.60. The van der Waals surface area contributed by atoms with Gasteiger partial charge in [-0.05, 0) is 11.6 Å². The molecule has 2 aliphatic rings. The molecular weight excluding hydrogens is 292 g/mol. The van der Waals surface area contributed by atoms with Crippen molar-refractivity contribution < 1.29 is 9.59 Å². The fraction of sp³-hybridized carbons (Fsp3) is 0.500. The first-order chi connectivity index (χ1) is 10.1. The average molecular weight is 309 g/mol. The molecule has 0 radical (unpaired) electrons. The lowest BCUT2D eigenvalue weighted by molar-refractivity contribution is -0.138. The highest BCUT2D eigenvalue weighted by Crippen LogP contribution is 2.31. The van der Waals surface area contributed by atoms with Crippen molar-refractivity contribution in [3.63, 3.8) is 0 Å². The number of aromatic nitrogens is 1. The van der Waals surface area contributed by atoms with Crippen LogP contribution in [0.4, 0.5) is 5.69 Å². The highest BCUT2D eigenvalue weighted by atomic mass is 35.5. The first-order valence-corrected chi connectivity index (χ1v) is 7.38. The third-order valence-electron chi connectivity index (χ3n) is 4.07. The lowest BCUT2D eigenvalue weighted by Crippen LogP contribution is -2.53. The van der Waals surface area contributed by atoms with Gasteiger partial charge in [-0.2, -0.15) is 0 Å². The number of hydrogen-bond donors (Lipinski definition) is 1. The van der Waals surface area contributed by atoms with Crippen molar-refractivity contribution in [2.45, 2.75) is 19.4 Å². The number of piperazine rings is 1. The van der Waals surface area contributed by atoms with E-state index in [-0.39, 0.29) is 17.9 Å². The minimum Gasteiger partial charge on any atom is -0.371 e. The molecule has 1 N–H and O–H groups in total. The average Bonchev–Trinajstić information content (AvgIpc) is 2.92. The summed E-state index contributed by atoms with van der Waals surface area (Å²) in [7, 11) is 0. The van der Waals surface area contributed by atoms with Gasteiger partial charge in [0.2, 0.25) is 11.8 Å². The minimum absolute atomic E-state index is 0.0606. The van der Waals surface area contributed by atoms with Crippen molar-refractivity contribution in [3.8, 4) is 0 Å². The van der Waals surface area contributed by atoms with Gasteiger partial charge in [-0.25, -0.2) is 4.98 Å². The van der Waals surface area contributed by atoms with E-state index in [0.29, 0.717) is 37.8 Å². The molecule has 0 bridgehead atoms. The van der Waals surface area contributed by atoms with Gasteiger partial charge >= 0.3 is 0 Å². The second-order valence-electron chi connectivity index (χ2n) is 5.37. The Morgan fingerprint density at radius 2 is 1.95 bits per heavy atom. The second kappa shape index (κ2) is 5.52. The third kappa shape index (κ3) is 2.68. The number of rotatable bonds is 1. The van der Waals surface area contributed by atoms with Crippen LogP contribution in [0.2, 0.25) is 5.15 Å². The lowest BCUT2D eigenvalue weighted by atomic mass is 10.1. The largest absolute Gasteiger partial charge is 0.371 e. The number of fused-ring (bicyclic) bond motifs is 1. The van der Waals surface area contributed by atoms with E-state index in [1.807, 2.05) is 11.0 Å². The lowest BCUT2D eigenvalue weighted by Gasteiger charge is -2.35. The Kier molecular flexibility index (Phi) is 3.71. The maximum atomic E-state index is 12.6. The van der Waals surface area contributed by atoms with E-state index in [1.54, 1.807) is 18.0 Å². The van der Waals surface area contributed by atoms with Crippen LogP contribution in [0.3, 0.4) is 0 Å². The minimum atomic E-state index is -0.287. The molecule has 3 rings (SSSR count). The van der Waals surface area contributed by atoms with Crippen molar-refractivity contribution in [2.75, 3.05) is 31.5 Å². The van der Waals surface area contributed by atoms with Crippen LogP contribution in [0.15, 0.2) is 12.3 Å². The van der Waals surface area contributed by atoms with Gasteiger partial charge in [-0.3, -0.25) is 9.59 Å². The van der Waals surface area contributed by atoms with Gasteiger partial charge in [0.05, 0.1) is 5.69 Å². The maximum absolute atomic E-state index is 12.6. The van der Waals surface area contributed by atoms with Crippen LogP contribution >= 0.6 is 11.6 Å². The van der Waals surface area contributed by atoms with Gasteiger partial charge in [0.1, 0.15) is 6.04 Å². The molecule has 0 saturated carbocycles. The molecule has 2 aliphatic heterocycles. The number of anilines is 1. The van der Waals surface area contributed by atoms with Gasteiger partial charge in [-0.15, -0.1) is 0 Å². The van der Waals surface area contributed by atoms with Gasteiger partial charge in [-0.1, -0.05) is 11.6 Å². The van der Waals surface area contributed by atoms with Crippen molar-refractivity contribution in [2.24, 2.45) is 0 Å². The number of pyridine rings is 1. The fourth-order valence-corrected chi connectivity index (χ4v) is 3.08. The van der Waals surface area contributed by atoms with Crippen LogP contribution in [-0.4, -0.2) is 58.8 Å². The standard InChI is InChI=1S/C14H17ClN4O2/c1-9(20)18-4-6-19(7-5-18)14(21)11-8-10-2-3-16-13(15)12(10)17-11/h2-3,11,17H,4-8H2,1H3. The third-order valence-corrected chi connectivity index (χ3v) is 4.35. The van der Waals surface area contributed by atoms with Crippen LogP contribution < -0.4 is 5.32 Å². The second-order valence-corrected chi connectivity index (χ2v) is 5.73. The highest BCUT2D eigenvalue weighted by Gasteiger charge is 2.33. The van der Waals surface area contributed by atoms with E-state index in [9.17, 15) is 9.59 Å². The van der Waals surface area contributed by atoms with Gasteiger partial charge < -0.3 is 15.1 Å². The Morgan fingerprint density at radius 1 is 1.29 bits per heavy atom. The summed E-state index contributed by atoms with van der Waals surface area (Å²) in [6.45, 7) is 3.92.